The molecule has 0 aromatic heterocycles. The quantitative estimate of drug-likeness (QED) is 0.809. The third-order valence-electron chi connectivity index (χ3n) is 5.23. The molecular weight excluding hydrogens is 262 g/mol. The number of hydrogen-bond donors (Lipinski definition) is 1. The second kappa shape index (κ2) is 7.48. The monoisotopic (exact) mass is 295 g/mol. The third kappa shape index (κ3) is 4.87. The molecule has 2 saturated heterocycles. The first-order valence-electron chi connectivity index (χ1n) is 8.72. The number of amides is 2. The number of hydrogen-bond acceptors (Lipinski definition) is 2. The lowest BCUT2D eigenvalue weighted by molar-refractivity contribution is 0.0457. The highest BCUT2D eigenvalue weighted by atomic mass is 16.2. The Labute approximate surface area is 130 Å². The van der Waals surface area contributed by atoms with Crippen LogP contribution in [0.4, 0.5) is 4.79 Å². The SMILES string of the molecule is CC(C)CCCNC(=O)N1CCCC2(CCN(C)CC2)C1. The summed E-state index contributed by atoms with van der Waals surface area (Å²) in [5.41, 5.74) is 0.403. The molecule has 0 atom stereocenters. The van der Waals surface area contributed by atoms with E-state index in [9.17, 15) is 4.79 Å². The van der Waals surface area contributed by atoms with Crippen molar-refractivity contribution in [1.82, 2.24) is 15.1 Å². The highest BCUT2D eigenvalue weighted by Gasteiger charge is 2.38. The van der Waals surface area contributed by atoms with Gasteiger partial charge in [0.1, 0.15) is 0 Å². The van der Waals surface area contributed by atoms with Crippen LogP contribution in [0.15, 0.2) is 0 Å². The molecule has 4 nitrogen and oxygen atoms in total. The van der Waals surface area contributed by atoms with Crippen molar-refractivity contribution in [3.8, 4) is 0 Å². The molecule has 4 heteroatoms. The Morgan fingerprint density at radius 2 is 1.90 bits per heavy atom. The minimum Gasteiger partial charge on any atom is -0.338 e. The second-order valence-corrected chi connectivity index (χ2v) is 7.60. The van der Waals surface area contributed by atoms with Gasteiger partial charge in [0.05, 0.1) is 0 Å². The van der Waals surface area contributed by atoms with Crippen LogP contribution in [-0.2, 0) is 0 Å². The van der Waals surface area contributed by atoms with Crippen LogP contribution in [0.3, 0.4) is 0 Å². The molecule has 0 bridgehead atoms. The molecule has 2 heterocycles. The van der Waals surface area contributed by atoms with Gasteiger partial charge in [0.25, 0.3) is 0 Å². The molecule has 2 fully saturated rings. The first-order valence-corrected chi connectivity index (χ1v) is 8.72. The molecular formula is C17H33N3O. The maximum absolute atomic E-state index is 12.3. The number of likely N-dealkylation sites (tertiary alicyclic amines) is 2. The van der Waals surface area contributed by atoms with Crippen LogP contribution >= 0.6 is 0 Å². The van der Waals surface area contributed by atoms with Crippen LogP contribution < -0.4 is 5.32 Å². The second-order valence-electron chi connectivity index (χ2n) is 7.60. The van der Waals surface area contributed by atoms with Crippen molar-refractivity contribution in [3.05, 3.63) is 0 Å². The molecule has 122 valence electrons. The average molecular weight is 295 g/mol. The van der Waals surface area contributed by atoms with E-state index in [-0.39, 0.29) is 6.03 Å². The van der Waals surface area contributed by atoms with Gasteiger partial charge >= 0.3 is 6.03 Å². The Kier molecular flexibility index (Phi) is 5.91. The van der Waals surface area contributed by atoms with E-state index in [1.807, 2.05) is 0 Å². The Bertz CT molecular complexity index is 335. The molecule has 2 amide bonds. The number of carbonyl (C=O) groups excluding carboxylic acids is 1. The molecule has 21 heavy (non-hydrogen) atoms. The van der Waals surface area contributed by atoms with Crippen molar-refractivity contribution in [2.75, 3.05) is 39.8 Å². The Morgan fingerprint density at radius 1 is 1.19 bits per heavy atom. The first kappa shape index (κ1) is 16.6. The molecule has 1 N–H and O–H groups in total. The molecule has 1 spiro atoms. The van der Waals surface area contributed by atoms with Crippen molar-refractivity contribution in [3.63, 3.8) is 0 Å². The van der Waals surface area contributed by atoms with Crippen LogP contribution in [0, 0.1) is 11.3 Å². The molecule has 0 saturated carbocycles. The lowest BCUT2D eigenvalue weighted by atomic mass is 9.72. The normalized spacial score (nSPS) is 22.8. The number of nitrogens with zero attached hydrogens (tertiary/aromatic N) is 2. The summed E-state index contributed by atoms with van der Waals surface area (Å²) in [4.78, 5) is 16.8. The maximum atomic E-state index is 12.3. The van der Waals surface area contributed by atoms with Gasteiger partial charge in [-0.05, 0) is 70.0 Å². The van der Waals surface area contributed by atoms with Crippen molar-refractivity contribution in [2.45, 2.75) is 52.4 Å². The molecule has 2 aliphatic heterocycles. The summed E-state index contributed by atoms with van der Waals surface area (Å²) >= 11 is 0. The predicted molar refractivity (Wildman–Crippen MR) is 87.4 cm³/mol. The molecule has 0 aromatic rings. The van der Waals surface area contributed by atoms with E-state index in [0.717, 1.165) is 32.0 Å². The van der Waals surface area contributed by atoms with Crippen LogP contribution in [0.25, 0.3) is 0 Å². The van der Waals surface area contributed by atoms with Gasteiger partial charge in [-0.3, -0.25) is 0 Å². The number of piperidine rings is 2. The van der Waals surface area contributed by atoms with Crippen LogP contribution in [-0.4, -0.2) is 55.6 Å². The average Bonchev–Trinajstić information content (AvgIpc) is 2.47. The van der Waals surface area contributed by atoms with E-state index in [2.05, 4.69) is 36.0 Å². The number of nitrogens with one attached hydrogen (secondary N) is 1. The van der Waals surface area contributed by atoms with Gasteiger partial charge < -0.3 is 15.1 Å². The summed E-state index contributed by atoms with van der Waals surface area (Å²) in [5, 5.41) is 3.12. The van der Waals surface area contributed by atoms with Gasteiger partial charge in [-0.2, -0.15) is 0 Å². The summed E-state index contributed by atoms with van der Waals surface area (Å²) in [6, 6.07) is 0.164. The zero-order valence-electron chi connectivity index (χ0n) is 14.2. The lowest BCUT2D eigenvalue weighted by Gasteiger charge is -2.47. The van der Waals surface area contributed by atoms with Gasteiger partial charge in [-0.25, -0.2) is 4.79 Å². The summed E-state index contributed by atoms with van der Waals surface area (Å²) in [6.45, 7) is 9.56. The molecule has 0 aliphatic carbocycles. The minimum atomic E-state index is 0.164. The number of carbonyl (C=O) groups is 1. The largest absolute Gasteiger partial charge is 0.338 e. The van der Waals surface area contributed by atoms with Crippen molar-refractivity contribution in [2.24, 2.45) is 11.3 Å². The van der Waals surface area contributed by atoms with Gasteiger partial charge in [-0.15, -0.1) is 0 Å². The van der Waals surface area contributed by atoms with Gasteiger partial charge in [0, 0.05) is 19.6 Å². The van der Waals surface area contributed by atoms with Crippen molar-refractivity contribution < 1.29 is 4.79 Å². The predicted octanol–water partition coefficient (Wildman–Crippen LogP) is 2.94. The van der Waals surface area contributed by atoms with E-state index in [0.29, 0.717) is 5.41 Å². The molecule has 0 aromatic carbocycles. The molecule has 0 radical (unpaired) electrons. The molecule has 2 aliphatic rings. The van der Waals surface area contributed by atoms with Crippen LogP contribution in [0.2, 0.25) is 0 Å². The van der Waals surface area contributed by atoms with Crippen molar-refractivity contribution >= 4 is 6.03 Å². The van der Waals surface area contributed by atoms with E-state index >= 15 is 0 Å². The van der Waals surface area contributed by atoms with Gasteiger partial charge in [0.15, 0.2) is 0 Å². The Hall–Kier alpha value is -0.770. The van der Waals surface area contributed by atoms with E-state index < -0.39 is 0 Å². The fourth-order valence-electron chi connectivity index (χ4n) is 3.70. The third-order valence-corrected chi connectivity index (χ3v) is 5.23. The van der Waals surface area contributed by atoms with Gasteiger partial charge in [-0.1, -0.05) is 13.8 Å². The summed E-state index contributed by atoms with van der Waals surface area (Å²) < 4.78 is 0. The fourth-order valence-corrected chi connectivity index (χ4v) is 3.70. The van der Waals surface area contributed by atoms with Crippen LogP contribution in [0.5, 0.6) is 0 Å². The maximum Gasteiger partial charge on any atom is 0.317 e. The zero-order chi connectivity index (χ0) is 15.3. The highest BCUT2D eigenvalue weighted by molar-refractivity contribution is 5.74. The Balaban J connectivity index is 1.76. The summed E-state index contributed by atoms with van der Waals surface area (Å²) in [7, 11) is 2.20. The van der Waals surface area contributed by atoms with Crippen molar-refractivity contribution in [1.29, 1.82) is 0 Å². The number of rotatable bonds is 4. The first-order chi connectivity index (χ1) is 10.0. The van der Waals surface area contributed by atoms with E-state index in [1.165, 1.54) is 45.2 Å². The minimum absolute atomic E-state index is 0.164. The van der Waals surface area contributed by atoms with Gasteiger partial charge in [0.2, 0.25) is 0 Å². The molecule has 0 unspecified atom stereocenters. The standard InChI is InChI=1S/C17H33N3O/c1-15(2)6-4-10-18-16(21)20-11-5-7-17(14-20)8-12-19(3)13-9-17/h15H,4-14H2,1-3H3,(H,18,21). The lowest BCUT2D eigenvalue weighted by Crippen LogP contribution is -2.53. The van der Waals surface area contributed by atoms with Crippen LogP contribution in [0.1, 0.15) is 52.4 Å². The number of urea groups is 1. The summed E-state index contributed by atoms with van der Waals surface area (Å²) in [5.74, 6) is 0.722. The zero-order valence-corrected chi connectivity index (χ0v) is 14.2. The topological polar surface area (TPSA) is 35.6 Å². The molecule has 2 rings (SSSR count). The summed E-state index contributed by atoms with van der Waals surface area (Å²) in [6.07, 6.45) is 7.26. The Morgan fingerprint density at radius 3 is 2.57 bits per heavy atom. The van der Waals surface area contributed by atoms with E-state index in [1.54, 1.807) is 0 Å². The fraction of sp³-hybridized carbons (Fsp3) is 0.941. The van der Waals surface area contributed by atoms with E-state index in [4.69, 9.17) is 0 Å². The smallest absolute Gasteiger partial charge is 0.317 e. The highest BCUT2D eigenvalue weighted by Crippen LogP contribution is 2.39.